The summed E-state index contributed by atoms with van der Waals surface area (Å²) in [7, 11) is 0. The number of nitrogens with zero attached hydrogens (tertiary/aromatic N) is 2. The number of nitrogens with one attached hydrogen (secondary N) is 1. The van der Waals surface area contributed by atoms with E-state index in [0.29, 0.717) is 19.4 Å². The Morgan fingerprint density at radius 3 is 2.72 bits per heavy atom. The van der Waals surface area contributed by atoms with Gasteiger partial charge in [-0.15, -0.1) is 0 Å². The zero-order valence-corrected chi connectivity index (χ0v) is 13.1. The highest BCUT2D eigenvalue weighted by molar-refractivity contribution is 5.98. The molecule has 0 radical (unpaired) electrons. The molecule has 0 saturated carbocycles. The minimum Gasteiger partial charge on any atom is -0.454 e. The van der Waals surface area contributed by atoms with Crippen molar-refractivity contribution in [3.8, 4) is 0 Å². The zero-order valence-electron chi connectivity index (χ0n) is 13.1. The summed E-state index contributed by atoms with van der Waals surface area (Å²) in [5, 5.41) is 12.9. The first kappa shape index (κ1) is 18.0. The number of rotatable bonds is 6. The largest absolute Gasteiger partial charge is 0.454 e. The number of likely N-dealkylation sites (tertiary alicyclic amines) is 1. The second-order valence-corrected chi connectivity index (χ2v) is 5.19. The van der Waals surface area contributed by atoms with Gasteiger partial charge in [0.05, 0.1) is 4.92 Å². The fourth-order valence-electron chi connectivity index (χ4n) is 2.20. The highest BCUT2D eigenvalue weighted by Crippen LogP contribution is 2.13. The smallest absolute Gasteiger partial charge is 0.325 e. The fraction of sp³-hybridized carbons (Fsp3) is 0.333. The molecule has 1 saturated heterocycles. The van der Waals surface area contributed by atoms with Crippen LogP contribution in [-0.2, 0) is 19.1 Å². The molecule has 10 heteroatoms. The quantitative estimate of drug-likeness (QED) is 0.434. The highest BCUT2D eigenvalue weighted by atomic mass is 16.6. The van der Waals surface area contributed by atoms with Crippen molar-refractivity contribution < 1.29 is 28.8 Å². The van der Waals surface area contributed by atoms with Crippen molar-refractivity contribution in [2.45, 2.75) is 12.8 Å². The number of non-ortho nitro benzene ring substituents is 1. The van der Waals surface area contributed by atoms with Crippen molar-refractivity contribution in [3.05, 3.63) is 39.9 Å². The summed E-state index contributed by atoms with van der Waals surface area (Å²) < 4.78 is 4.71. The van der Waals surface area contributed by atoms with Crippen LogP contribution in [0, 0.1) is 10.1 Å². The van der Waals surface area contributed by atoms with Crippen LogP contribution in [0.5, 0.6) is 0 Å². The highest BCUT2D eigenvalue weighted by Gasteiger charge is 2.27. The van der Waals surface area contributed by atoms with Crippen LogP contribution in [0.3, 0.4) is 0 Å². The van der Waals surface area contributed by atoms with Crippen molar-refractivity contribution in [2.75, 3.05) is 19.7 Å². The molecule has 1 aliphatic heterocycles. The molecule has 1 N–H and O–H groups in total. The van der Waals surface area contributed by atoms with E-state index < -0.39 is 35.9 Å². The summed E-state index contributed by atoms with van der Waals surface area (Å²) in [5.41, 5.74) is -0.239. The van der Waals surface area contributed by atoms with Crippen LogP contribution >= 0.6 is 0 Å². The van der Waals surface area contributed by atoms with E-state index >= 15 is 0 Å². The summed E-state index contributed by atoms with van der Waals surface area (Å²) >= 11 is 0. The molecule has 3 amide bonds. The minimum atomic E-state index is -0.862. The Morgan fingerprint density at radius 2 is 2.08 bits per heavy atom. The van der Waals surface area contributed by atoms with Gasteiger partial charge in [0.1, 0.15) is 6.54 Å². The fourth-order valence-corrected chi connectivity index (χ4v) is 2.20. The number of imide groups is 1. The Bertz CT molecular complexity index is 732. The molecule has 1 aromatic carbocycles. The van der Waals surface area contributed by atoms with Gasteiger partial charge in [0.2, 0.25) is 5.91 Å². The van der Waals surface area contributed by atoms with E-state index in [9.17, 15) is 29.3 Å². The maximum Gasteiger partial charge on any atom is 0.325 e. The summed E-state index contributed by atoms with van der Waals surface area (Å²) in [6.45, 7) is -0.793. The summed E-state index contributed by atoms with van der Waals surface area (Å²) in [4.78, 5) is 57.5. The lowest BCUT2D eigenvalue weighted by atomic mass is 10.2. The number of hydrogen-bond acceptors (Lipinski definition) is 7. The lowest BCUT2D eigenvalue weighted by Gasteiger charge is -2.13. The number of nitro groups is 1. The van der Waals surface area contributed by atoms with E-state index in [1.165, 1.54) is 18.2 Å². The molecule has 0 spiro atoms. The van der Waals surface area contributed by atoms with Crippen molar-refractivity contribution in [1.29, 1.82) is 0 Å². The Kier molecular flexibility index (Phi) is 5.77. The molecule has 10 nitrogen and oxygen atoms in total. The molecule has 1 fully saturated rings. The first-order valence-corrected chi connectivity index (χ1v) is 7.40. The predicted molar refractivity (Wildman–Crippen MR) is 82.3 cm³/mol. The number of ether oxygens (including phenoxy) is 1. The second kappa shape index (κ2) is 7.99. The first-order chi connectivity index (χ1) is 11.9. The first-order valence-electron chi connectivity index (χ1n) is 7.40. The van der Waals surface area contributed by atoms with E-state index in [4.69, 9.17) is 4.74 Å². The number of amides is 3. The lowest BCUT2D eigenvalue weighted by Crippen LogP contribution is -2.37. The SMILES string of the molecule is O=C(CNC(=O)c1cccc([N+](=O)[O-])c1)OCC(=O)N1CCCC1=O. The van der Waals surface area contributed by atoms with Crippen molar-refractivity contribution in [2.24, 2.45) is 0 Å². The molecule has 0 aromatic heterocycles. The van der Waals surface area contributed by atoms with Crippen molar-refractivity contribution in [3.63, 3.8) is 0 Å². The van der Waals surface area contributed by atoms with Crippen LogP contribution < -0.4 is 5.32 Å². The average molecular weight is 349 g/mol. The van der Waals surface area contributed by atoms with Gasteiger partial charge in [-0.1, -0.05) is 6.07 Å². The molecular weight excluding hydrogens is 334 g/mol. The van der Waals surface area contributed by atoms with Gasteiger partial charge in [0.15, 0.2) is 6.61 Å². The molecule has 1 heterocycles. The molecule has 1 aliphatic rings. The molecular formula is C15H15N3O7. The zero-order chi connectivity index (χ0) is 18.4. The maximum atomic E-state index is 11.9. The number of nitro benzene ring substituents is 1. The average Bonchev–Trinajstić information content (AvgIpc) is 3.03. The van der Waals surface area contributed by atoms with Crippen LogP contribution in [0.15, 0.2) is 24.3 Å². The van der Waals surface area contributed by atoms with E-state index in [2.05, 4.69) is 5.32 Å². The monoisotopic (exact) mass is 349 g/mol. The van der Waals surface area contributed by atoms with Crippen LogP contribution in [0.25, 0.3) is 0 Å². The molecule has 0 unspecified atom stereocenters. The van der Waals surface area contributed by atoms with Gasteiger partial charge in [-0.3, -0.25) is 34.2 Å². The Morgan fingerprint density at radius 1 is 1.32 bits per heavy atom. The molecule has 132 valence electrons. The lowest BCUT2D eigenvalue weighted by molar-refractivity contribution is -0.384. The Labute approximate surface area is 141 Å². The van der Waals surface area contributed by atoms with E-state index in [0.717, 1.165) is 11.0 Å². The molecule has 25 heavy (non-hydrogen) atoms. The van der Waals surface area contributed by atoms with Crippen LogP contribution in [0.2, 0.25) is 0 Å². The standard InChI is InChI=1S/C15H15N3O7/c19-12-5-2-6-17(12)13(20)9-25-14(21)8-16-15(22)10-3-1-4-11(7-10)18(23)24/h1,3-4,7H,2,5-6,8-9H2,(H,16,22). The molecule has 2 rings (SSSR count). The number of benzene rings is 1. The summed E-state index contributed by atoms with van der Waals surface area (Å²) in [5.74, 6) is -2.47. The predicted octanol–water partition coefficient (Wildman–Crippen LogP) is 0.0168. The molecule has 0 atom stereocenters. The van der Waals surface area contributed by atoms with Gasteiger partial charge in [0.25, 0.3) is 17.5 Å². The number of carbonyl (C=O) groups is 4. The number of esters is 1. The van der Waals surface area contributed by atoms with Gasteiger partial charge in [0, 0.05) is 30.7 Å². The molecule has 0 bridgehead atoms. The third-order valence-corrected chi connectivity index (χ3v) is 3.44. The Hall–Kier alpha value is -3.30. The third-order valence-electron chi connectivity index (χ3n) is 3.44. The molecule has 1 aromatic rings. The normalized spacial score (nSPS) is 13.4. The van der Waals surface area contributed by atoms with E-state index in [1.807, 2.05) is 0 Å². The van der Waals surface area contributed by atoms with Crippen molar-refractivity contribution in [1.82, 2.24) is 10.2 Å². The van der Waals surface area contributed by atoms with Crippen molar-refractivity contribution >= 4 is 29.4 Å². The van der Waals surface area contributed by atoms with Gasteiger partial charge in [-0.2, -0.15) is 0 Å². The molecule has 0 aliphatic carbocycles. The van der Waals surface area contributed by atoms with Crippen LogP contribution in [-0.4, -0.2) is 53.2 Å². The second-order valence-electron chi connectivity index (χ2n) is 5.19. The van der Waals surface area contributed by atoms with Crippen LogP contribution in [0.4, 0.5) is 5.69 Å². The number of carbonyl (C=O) groups excluding carboxylic acids is 4. The van der Waals surface area contributed by atoms with E-state index in [1.54, 1.807) is 0 Å². The van der Waals surface area contributed by atoms with Gasteiger partial charge in [-0.25, -0.2) is 0 Å². The van der Waals surface area contributed by atoms with Crippen LogP contribution in [0.1, 0.15) is 23.2 Å². The maximum absolute atomic E-state index is 11.9. The van der Waals surface area contributed by atoms with Gasteiger partial charge < -0.3 is 10.1 Å². The Balaban J connectivity index is 1.78. The number of hydrogen-bond donors (Lipinski definition) is 1. The summed E-state index contributed by atoms with van der Waals surface area (Å²) in [6, 6.07) is 5.01. The van der Waals surface area contributed by atoms with E-state index in [-0.39, 0.29) is 17.2 Å². The summed E-state index contributed by atoms with van der Waals surface area (Å²) in [6.07, 6.45) is 0.872. The third kappa shape index (κ3) is 4.83. The topological polar surface area (TPSA) is 136 Å². The minimum absolute atomic E-state index is 0.0146. The van der Waals surface area contributed by atoms with Gasteiger partial charge >= 0.3 is 5.97 Å². The van der Waals surface area contributed by atoms with Gasteiger partial charge in [-0.05, 0) is 12.5 Å².